The molecule has 11 heteroatoms. The quantitative estimate of drug-likeness (QED) is 0.220. The van der Waals surface area contributed by atoms with E-state index in [4.69, 9.17) is 11.5 Å². The summed E-state index contributed by atoms with van der Waals surface area (Å²) in [5, 5.41) is 7.54. The Balaban J connectivity index is 2.81. The van der Waals surface area contributed by atoms with Gasteiger partial charge in [0.2, 0.25) is 23.6 Å². The van der Waals surface area contributed by atoms with Crippen molar-refractivity contribution in [1.29, 1.82) is 0 Å². The van der Waals surface area contributed by atoms with Gasteiger partial charge in [-0.3, -0.25) is 19.2 Å². The van der Waals surface area contributed by atoms with Crippen molar-refractivity contribution in [1.82, 2.24) is 25.9 Å². The van der Waals surface area contributed by atoms with E-state index in [9.17, 15) is 19.2 Å². The fraction of sp³-hybridized carbons (Fsp3) is 0.562. The van der Waals surface area contributed by atoms with Crippen LogP contribution < -0.4 is 27.4 Å². The van der Waals surface area contributed by atoms with Gasteiger partial charge in [0.1, 0.15) is 12.1 Å². The lowest BCUT2D eigenvalue weighted by molar-refractivity contribution is -0.132. The predicted octanol–water partition coefficient (Wildman–Crippen LogP) is -2.33. The van der Waals surface area contributed by atoms with Crippen LogP contribution in [0.4, 0.5) is 0 Å². The number of rotatable bonds is 12. The van der Waals surface area contributed by atoms with Crippen molar-refractivity contribution in [3.8, 4) is 0 Å². The minimum atomic E-state index is -0.981. The Kier molecular flexibility index (Phi) is 9.51. The molecule has 1 heterocycles. The van der Waals surface area contributed by atoms with E-state index in [2.05, 4.69) is 25.9 Å². The van der Waals surface area contributed by atoms with E-state index in [0.717, 1.165) is 0 Å². The molecule has 0 saturated carbocycles. The van der Waals surface area contributed by atoms with Crippen LogP contribution in [0.3, 0.4) is 0 Å². The van der Waals surface area contributed by atoms with Crippen molar-refractivity contribution in [3.05, 3.63) is 18.2 Å². The highest BCUT2D eigenvalue weighted by molar-refractivity contribution is 5.93. The molecule has 0 spiro atoms. The zero-order valence-electron chi connectivity index (χ0n) is 15.3. The highest BCUT2D eigenvalue weighted by Crippen LogP contribution is 2.04. The van der Waals surface area contributed by atoms with Gasteiger partial charge in [0.05, 0.1) is 18.6 Å². The van der Waals surface area contributed by atoms with E-state index < -0.39 is 29.8 Å². The fourth-order valence-corrected chi connectivity index (χ4v) is 2.40. The van der Waals surface area contributed by atoms with Gasteiger partial charge in [-0.1, -0.05) is 0 Å². The average Bonchev–Trinajstić information content (AvgIpc) is 3.11. The number of imidazole rings is 1. The highest BCUT2D eigenvalue weighted by Gasteiger charge is 2.26. The minimum absolute atomic E-state index is 0.107. The third-order valence-corrected chi connectivity index (χ3v) is 3.68. The summed E-state index contributed by atoms with van der Waals surface area (Å²) in [6, 6.07) is -1.77. The van der Waals surface area contributed by atoms with Crippen LogP contribution in [0.15, 0.2) is 12.5 Å². The number of hydrogen-bond donors (Lipinski definition) is 6. The Morgan fingerprint density at radius 1 is 1.15 bits per heavy atom. The molecule has 8 N–H and O–H groups in total. The van der Waals surface area contributed by atoms with E-state index >= 15 is 0 Å². The number of nitrogens with two attached hydrogens (primary N) is 2. The van der Waals surface area contributed by atoms with Crippen LogP contribution in [-0.2, 0) is 25.6 Å². The number of nitrogens with one attached hydrogen (secondary N) is 4. The van der Waals surface area contributed by atoms with E-state index in [-0.39, 0.29) is 18.9 Å². The van der Waals surface area contributed by atoms with Crippen LogP contribution in [0.1, 0.15) is 31.9 Å². The molecule has 1 rings (SSSR count). The van der Waals surface area contributed by atoms with E-state index in [1.54, 1.807) is 6.20 Å². The second kappa shape index (κ2) is 11.6. The van der Waals surface area contributed by atoms with Gasteiger partial charge < -0.3 is 32.4 Å². The second-order valence-corrected chi connectivity index (χ2v) is 6.05. The SMILES string of the molecule is CC(=O)N[C@@H](CCCCN)C(=O)NC(Cc1c[nH]cn1)C(=O)NCC(N)=O. The standard InChI is InChI=1S/C16H27N7O4/c1-10(24)22-12(4-2-3-5-17)16(27)23-13(6-11-7-19-9-21-11)15(26)20-8-14(18)25/h7,9,12-13H,2-6,8,17H2,1H3,(H2,18,25)(H,19,21)(H,20,26)(H,22,24)(H,23,27)/t12-,13?/m0/s1. The van der Waals surface area contributed by atoms with E-state index in [0.29, 0.717) is 31.5 Å². The summed E-state index contributed by atoms with van der Waals surface area (Å²) in [6.45, 7) is 1.44. The lowest BCUT2D eigenvalue weighted by Crippen LogP contribution is -2.55. The van der Waals surface area contributed by atoms with E-state index in [1.807, 2.05) is 0 Å². The maximum Gasteiger partial charge on any atom is 0.243 e. The Hall–Kier alpha value is -2.95. The normalized spacial score (nSPS) is 12.7. The van der Waals surface area contributed by atoms with Crippen molar-refractivity contribution in [3.63, 3.8) is 0 Å². The predicted molar refractivity (Wildman–Crippen MR) is 96.9 cm³/mol. The van der Waals surface area contributed by atoms with Gasteiger partial charge in [-0.2, -0.15) is 0 Å². The molecule has 0 aliphatic rings. The Bertz CT molecular complexity index is 633. The molecule has 1 unspecified atom stereocenters. The first kappa shape index (κ1) is 22.1. The van der Waals surface area contributed by atoms with Crippen LogP contribution in [0, 0.1) is 0 Å². The van der Waals surface area contributed by atoms with Crippen LogP contribution in [-0.4, -0.2) is 58.8 Å². The molecule has 0 aliphatic carbocycles. The molecule has 0 aliphatic heterocycles. The first-order chi connectivity index (χ1) is 12.8. The topological polar surface area (TPSA) is 185 Å². The van der Waals surface area contributed by atoms with Gasteiger partial charge >= 0.3 is 0 Å². The highest BCUT2D eigenvalue weighted by atomic mass is 16.2. The van der Waals surface area contributed by atoms with Crippen LogP contribution >= 0.6 is 0 Å². The summed E-state index contributed by atoms with van der Waals surface area (Å²) >= 11 is 0. The molecule has 0 bridgehead atoms. The molecular weight excluding hydrogens is 354 g/mol. The van der Waals surface area contributed by atoms with Gasteiger partial charge in [0.15, 0.2) is 0 Å². The van der Waals surface area contributed by atoms with Gasteiger partial charge in [-0.05, 0) is 25.8 Å². The van der Waals surface area contributed by atoms with Crippen LogP contribution in [0.5, 0.6) is 0 Å². The summed E-state index contributed by atoms with van der Waals surface area (Å²) < 4.78 is 0. The molecule has 1 aromatic rings. The number of primary amides is 1. The molecule has 11 nitrogen and oxygen atoms in total. The average molecular weight is 381 g/mol. The first-order valence-electron chi connectivity index (χ1n) is 8.64. The first-order valence-corrected chi connectivity index (χ1v) is 8.64. The fourth-order valence-electron chi connectivity index (χ4n) is 2.40. The Morgan fingerprint density at radius 2 is 1.89 bits per heavy atom. The van der Waals surface area contributed by atoms with Crippen LogP contribution in [0.25, 0.3) is 0 Å². The second-order valence-electron chi connectivity index (χ2n) is 6.05. The number of aromatic amines is 1. The summed E-state index contributed by atoms with van der Waals surface area (Å²) in [6.07, 6.45) is 4.89. The maximum atomic E-state index is 12.6. The van der Waals surface area contributed by atoms with Gasteiger partial charge in [-0.25, -0.2) is 4.98 Å². The van der Waals surface area contributed by atoms with Gasteiger partial charge in [-0.15, -0.1) is 0 Å². The minimum Gasteiger partial charge on any atom is -0.368 e. The molecule has 1 aromatic heterocycles. The van der Waals surface area contributed by atoms with Crippen molar-refractivity contribution in [2.75, 3.05) is 13.1 Å². The zero-order valence-corrected chi connectivity index (χ0v) is 15.3. The Morgan fingerprint density at radius 3 is 2.44 bits per heavy atom. The molecular formula is C16H27N7O4. The number of amides is 4. The number of hydrogen-bond acceptors (Lipinski definition) is 6. The maximum absolute atomic E-state index is 12.6. The number of H-pyrrole nitrogens is 1. The van der Waals surface area contributed by atoms with Crippen molar-refractivity contribution >= 4 is 23.6 Å². The van der Waals surface area contributed by atoms with E-state index in [1.165, 1.54) is 13.3 Å². The summed E-state index contributed by atoms with van der Waals surface area (Å²) in [4.78, 5) is 54.0. The number of nitrogens with zero attached hydrogens (tertiary/aromatic N) is 1. The lowest BCUT2D eigenvalue weighted by Gasteiger charge is -2.22. The third kappa shape index (κ3) is 8.81. The molecule has 0 aromatic carbocycles. The van der Waals surface area contributed by atoms with Crippen molar-refractivity contribution in [2.24, 2.45) is 11.5 Å². The summed E-state index contributed by atoms with van der Waals surface area (Å²) in [5.74, 6) is -2.14. The molecule has 150 valence electrons. The van der Waals surface area contributed by atoms with Gasteiger partial charge in [0.25, 0.3) is 0 Å². The number of carbonyl (C=O) groups is 4. The molecule has 27 heavy (non-hydrogen) atoms. The summed E-state index contributed by atoms with van der Waals surface area (Å²) in [7, 11) is 0. The number of aromatic nitrogens is 2. The molecule has 2 atom stereocenters. The zero-order chi connectivity index (χ0) is 20.2. The lowest BCUT2D eigenvalue weighted by atomic mass is 10.1. The van der Waals surface area contributed by atoms with Gasteiger partial charge in [0, 0.05) is 19.5 Å². The smallest absolute Gasteiger partial charge is 0.243 e. The molecule has 0 saturated heterocycles. The molecule has 0 radical (unpaired) electrons. The number of unbranched alkanes of at least 4 members (excludes halogenated alkanes) is 1. The molecule has 4 amide bonds. The number of carbonyl (C=O) groups excluding carboxylic acids is 4. The summed E-state index contributed by atoms with van der Waals surface area (Å²) in [5.41, 5.74) is 11.0. The van der Waals surface area contributed by atoms with Crippen molar-refractivity contribution in [2.45, 2.75) is 44.7 Å². The molecule has 0 fully saturated rings. The van der Waals surface area contributed by atoms with Crippen LogP contribution in [0.2, 0.25) is 0 Å². The largest absolute Gasteiger partial charge is 0.368 e. The third-order valence-electron chi connectivity index (χ3n) is 3.68. The monoisotopic (exact) mass is 381 g/mol. The van der Waals surface area contributed by atoms with Crippen molar-refractivity contribution < 1.29 is 19.2 Å². The Labute approximate surface area is 157 Å².